The number of rotatable bonds is 6. The lowest BCUT2D eigenvalue weighted by Gasteiger charge is -2.21. The lowest BCUT2D eigenvalue weighted by molar-refractivity contribution is 0.397. The van der Waals surface area contributed by atoms with Crippen LogP contribution in [0.25, 0.3) is 0 Å². The topological polar surface area (TPSA) is 35.5 Å². The molecule has 0 aliphatic heterocycles. The molecule has 0 aliphatic carbocycles. The predicted molar refractivity (Wildman–Crippen MR) is 97.2 cm³/mol. The second kappa shape index (κ2) is 7.37. The van der Waals surface area contributed by atoms with Gasteiger partial charge in [0.15, 0.2) is 0 Å². The molecule has 1 atom stereocenters. The molecule has 24 heavy (non-hydrogen) atoms. The maximum atomic E-state index is 13.6. The molecule has 0 N–H and O–H groups in total. The lowest BCUT2D eigenvalue weighted by atomic mass is 10.1. The van der Waals surface area contributed by atoms with Crippen molar-refractivity contribution in [1.29, 1.82) is 0 Å². The van der Waals surface area contributed by atoms with Crippen LogP contribution in [0, 0.1) is 0 Å². The zero-order valence-corrected chi connectivity index (χ0v) is 14.4. The minimum absolute atomic E-state index is 0.513. The third-order valence-corrected chi connectivity index (χ3v) is 5.43. The van der Waals surface area contributed by atoms with Gasteiger partial charge >= 0.3 is 7.60 Å². The van der Waals surface area contributed by atoms with Crippen molar-refractivity contribution in [2.75, 3.05) is 0 Å². The second-order valence-electron chi connectivity index (χ2n) is 5.29. The van der Waals surface area contributed by atoms with Crippen molar-refractivity contribution in [3.63, 3.8) is 0 Å². The standard InChI is InChI=1S/C20H19O3P/c1-2-17-11-9-10-16-20(17)23-24(21,19-14-7-4-8-15-19)22-18-12-5-3-6-13-18/h3-16H,2H2,1H3. The predicted octanol–water partition coefficient (Wildman–Crippen LogP) is 5.23. The molecular weight excluding hydrogens is 319 g/mol. The van der Waals surface area contributed by atoms with Crippen molar-refractivity contribution >= 4 is 12.9 Å². The van der Waals surface area contributed by atoms with Crippen LogP contribution in [0.4, 0.5) is 0 Å². The van der Waals surface area contributed by atoms with Crippen molar-refractivity contribution in [1.82, 2.24) is 0 Å². The molecule has 0 bridgehead atoms. The van der Waals surface area contributed by atoms with Crippen molar-refractivity contribution < 1.29 is 13.6 Å². The van der Waals surface area contributed by atoms with E-state index < -0.39 is 7.60 Å². The van der Waals surface area contributed by atoms with E-state index >= 15 is 0 Å². The van der Waals surface area contributed by atoms with Crippen LogP contribution in [-0.4, -0.2) is 0 Å². The van der Waals surface area contributed by atoms with Crippen LogP contribution < -0.4 is 14.4 Å². The number of para-hydroxylation sites is 2. The molecule has 122 valence electrons. The first-order valence-electron chi connectivity index (χ1n) is 7.89. The molecule has 4 heteroatoms. The van der Waals surface area contributed by atoms with Gasteiger partial charge in [-0.3, -0.25) is 0 Å². The highest BCUT2D eigenvalue weighted by Gasteiger charge is 2.31. The number of hydrogen-bond acceptors (Lipinski definition) is 3. The summed E-state index contributed by atoms with van der Waals surface area (Å²) >= 11 is 0. The molecule has 1 unspecified atom stereocenters. The van der Waals surface area contributed by atoms with E-state index in [0.29, 0.717) is 16.8 Å². The van der Waals surface area contributed by atoms with Gasteiger partial charge in [0.05, 0.1) is 5.30 Å². The fraction of sp³-hybridized carbons (Fsp3) is 0.100. The molecule has 3 rings (SSSR count). The molecule has 0 aromatic heterocycles. The molecule has 0 fully saturated rings. The van der Waals surface area contributed by atoms with E-state index in [4.69, 9.17) is 9.05 Å². The molecule has 3 aromatic carbocycles. The third kappa shape index (κ3) is 3.69. The first-order valence-corrected chi connectivity index (χ1v) is 9.43. The molecule has 0 aliphatic rings. The van der Waals surface area contributed by atoms with Gasteiger partial charge in [-0.1, -0.05) is 61.5 Å². The summed E-state index contributed by atoms with van der Waals surface area (Å²) in [5, 5.41) is 0.528. The second-order valence-corrected chi connectivity index (χ2v) is 7.17. The Kier molecular flexibility index (Phi) is 5.02. The Morgan fingerprint density at radius 2 is 1.33 bits per heavy atom. The first-order chi connectivity index (χ1) is 11.7. The number of benzene rings is 3. The van der Waals surface area contributed by atoms with E-state index in [1.54, 1.807) is 24.3 Å². The van der Waals surface area contributed by atoms with E-state index in [9.17, 15) is 4.57 Å². The van der Waals surface area contributed by atoms with Crippen LogP contribution in [0.15, 0.2) is 84.9 Å². The van der Waals surface area contributed by atoms with Gasteiger partial charge in [0.1, 0.15) is 11.5 Å². The summed E-state index contributed by atoms with van der Waals surface area (Å²) in [4.78, 5) is 0. The molecule has 0 amide bonds. The highest BCUT2D eigenvalue weighted by molar-refractivity contribution is 7.63. The fourth-order valence-corrected chi connectivity index (χ4v) is 3.99. The number of aryl methyl sites for hydroxylation is 1. The molecule has 0 spiro atoms. The highest BCUT2D eigenvalue weighted by Crippen LogP contribution is 2.48. The third-order valence-electron chi connectivity index (χ3n) is 3.61. The van der Waals surface area contributed by atoms with Crippen molar-refractivity contribution in [2.45, 2.75) is 13.3 Å². The Morgan fingerprint density at radius 3 is 2.00 bits per heavy atom. The van der Waals surface area contributed by atoms with Gasteiger partial charge in [-0.25, -0.2) is 4.57 Å². The Balaban J connectivity index is 2.01. The van der Waals surface area contributed by atoms with Crippen molar-refractivity contribution in [2.24, 2.45) is 0 Å². The molecule has 3 nitrogen and oxygen atoms in total. The minimum atomic E-state index is -3.56. The zero-order valence-electron chi connectivity index (χ0n) is 13.5. The smallest absolute Gasteiger partial charge is 0.413 e. The summed E-state index contributed by atoms with van der Waals surface area (Å²) in [5.74, 6) is 1.10. The van der Waals surface area contributed by atoms with Gasteiger partial charge in [-0.05, 0) is 42.3 Å². The van der Waals surface area contributed by atoms with Crippen LogP contribution in [-0.2, 0) is 11.0 Å². The van der Waals surface area contributed by atoms with Gasteiger partial charge < -0.3 is 9.05 Å². The van der Waals surface area contributed by atoms with E-state index in [1.807, 2.05) is 67.6 Å². The quantitative estimate of drug-likeness (QED) is 0.578. The average Bonchev–Trinajstić information content (AvgIpc) is 2.64. The summed E-state index contributed by atoms with van der Waals surface area (Å²) < 4.78 is 25.3. The molecule has 0 saturated carbocycles. The Morgan fingerprint density at radius 1 is 0.750 bits per heavy atom. The normalized spacial score (nSPS) is 13.0. The van der Waals surface area contributed by atoms with Gasteiger partial charge in [-0.2, -0.15) is 0 Å². The lowest BCUT2D eigenvalue weighted by Crippen LogP contribution is -2.15. The van der Waals surface area contributed by atoms with Crippen molar-refractivity contribution in [3.8, 4) is 11.5 Å². The number of hydrogen-bond donors (Lipinski definition) is 0. The molecule has 0 saturated heterocycles. The largest absolute Gasteiger partial charge is 0.462 e. The van der Waals surface area contributed by atoms with Gasteiger partial charge in [-0.15, -0.1) is 0 Å². The summed E-state index contributed by atoms with van der Waals surface area (Å²) in [5.41, 5.74) is 0.991. The monoisotopic (exact) mass is 338 g/mol. The SMILES string of the molecule is CCc1ccccc1OP(=O)(Oc1ccccc1)c1ccccc1. The summed E-state index contributed by atoms with van der Waals surface area (Å²) in [6, 6.07) is 25.7. The average molecular weight is 338 g/mol. The van der Waals surface area contributed by atoms with Crippen LogP contribution in [0.3, 0.4) is 0 Å². The van der Waals surface area contributed by atoms with E-state index in [-0.39, 0.29) is 0 Å². The summed E-state index contributed by atoms with van der Waals surface area (Å²) in [6.07, 6.45) is 0.788. The zero-order chi connectivity index (χ0) is 16.8. The molecule has 0 heterocycles. The molecular formula is C20H19O3P. The first kappa shape index (κ1) is 16.4. The fourth-order valence-electron chi connectivity index (χ4n) is 2.37. The minimum Gasteiger partial charge on any atom is -0.413 e. The highest BCUT2D eigenvalue weighted by atomic mass is 31.2. The Bertz CT molecular complexity index is 832. The maximum Gasteiger partial charge on any atom is 0.462 e. The van der Waals surface area contributed by atoms with Crippen LogP contribution in [0.1, 0.15) is 12.5 Å². The molecule has 3 aromatic rings. The van der Waals surface area contributed by atoms with Crippen LogP contribution >= 0.6 is 7.60 Å². The summed E-state index contributed by atoms with van der Waals surface area (Å²) in [7, 11) is -3.56. The summed E-state index contributed by atoms with van der Waals surface area (Å²) in [6.45, 7) is 2.04. The Labute approximate surface area is 142 Å². The Hall–Kier alpha value is -2.51. The van der Waals surface area contributed by atoms with E-state index in [2.05, 4.69) is 0 Å². The maximum absolute atomic E-state index is 13.6. The van der Waals surface area contributed by atoms with Gasteiger partial charge in [0, 0.05) is 0 Å². The van der Waals surface area contributed by atoms with E-state index in [1.165, 1.54) is 0 Å². The van der Waals surface area contributed by atoms with Gasteiger partial charge in [0.2, 0.25) is 0 Å². The van der Waals surface area contributed by atoms with Crippen LogP contribution in [0.5, 0.6) is 11.5 Å². The van der Waals surface area contributed by atoms with E-state index in [0.717, 1.165) is 12.0 Å². The molecule has 0 radical (unpaired) electrons. The van der Waals surface area contributed by atoms with Gasteiger partial charge in [0.25, 0.3) is 0 Å². The van der Waals surface area contributed by atoms with Crippen molar-refractivity contribution in [3.05, 3.63) is 90.5 Å². The van der Waals surface area contributed by atoms with Crippen LogP contribution in [0.2, 0.25) is 0 Å².